The number of esters is 1. The van der Waals surface area contributed by atoms with Crippen LogP contribution in [0.5, 0.6) is 0 Å². The van der Waals surface area contributed by atoms with Gasteiger partial charge in [-0.15, -0.1) is 11.8 Å². The summed E-state index contributed by atoms with van der Waals surface area (Å²) < 4.78 is 5.12. The molecule has 1 rings (SSSR count). The SMILES string of the molecule is CCOC(=O)C(C)(CC(C)Sc1ccccn1)NC. The lowest BCUT2D eigenvalue weighted by Gasteiger charge is -2.29. The van der Waals surface area contributed by atoms with Gasteiger partial charge >= 0.3 is 5.97 Å². The third-order valence-electron chi connectivity index (χ3n) is 2.93. The van der Waals surface area contributed by atoms with E-state index in [1.54, 1.807) is 25.0 Å². The zero-order chi connectivity index (χ0) is 14.3. The van der Waals surface area contributed by atoms with Gasteiger partial charge in [-0.05, 0) is 39.4 Å². The Bertz CT molecular complexity index is 400. The third-order valence-corrected chi connectivity index (χ3v) is 3.99. The van der Waals surface area contributed by atoms with Crippen LogP contribution >= 0.6 is 11.8 Å². The van der Waals surface area contributed by atoms with Gasteiger partial charge in [0, 0.05) is 11.4 Å². The topological polar surface area (TPSA) is 51.2 Å². The molecule has 106 valence electrons. The van der Waals surface area contributed by atoms with Crippen LogP contribution in [0.3, 0.4) is 0 Å². The lowest BCUT2D eigenvalue weighted by molar-refractivity contribution is -0.150. The number of carbonyl (C=O) groups is 1. The molecule has 0 aliphatic carbocycles. The fraction of sp³-hybridized carbons (Fsp3) is 0.571. The van der Waals surface area contributed by atoms with E-state index in [1.165, 1.54) is 0 Å². The number of pyridine rings is 1. The van der Waals surface area contributed by atoms with E-state index in [2.05, 4.69) is 17.2 Å². The number of nitrogens with one attached hydrogen (secondary N) is 1. The number of hydrogen-bond donors (Lipinski definition) is 1. The predicted molar refractivity (Wildman–Crippen MR) is 78.3 cm³/mol. The van der Waals surface area contributed by atoms with Gasteiger partial charge in [-0.3, -0.25) is 4.79 Å². The summed E-state index contributed by atoms with van der Waals surface area (Å²) in [4.78, 5) is 16.3. The fourth-order valence-electron chi connectivity index (χ4n) is 1.82. The molecular formula is C14H22N2O2S. The van der Waals surface area contributed by atoms with E-state index in [4.69, 9.17) is 4.74 Å². The van der Waals surface area contributed by atoms with Crippen LogP contribution in [0.1, 0.15) is 27.2 Å². The summed E-state index contributed by atoms with van der Waals surface area (Å²) in [5.74, 6) is -0.203. The molecule has 0 aromatic carbocycles. The molecule has 1 aromatic heterocycles. The van der Waals surface area contributed by atoms with Crippen molar-refractivity contribution in [1.29, 1.82) is 0 Å². The second-order valence-electron chi connectivity index (χ2n) is 4.60. The number of hydrogen-bond acceptors (Lipinski definition) is 5. The van der Waals surface area contributed by atoms with Crippen LogP contribution in [0.15, 0.2) is 29.4 Å². The molecule has 1 heterocycles. The molecule has 1 N–H and O–H groups in total. The first-order valence-electron chi connectivity index (χ1n) is 6.45. The second kappa shape index (κ2) is 7.50. The Morgan fingerprint density at radius 1 is 1.58 bits per heavy atom. The minimum Gasteiger partial charge on any atom is -0.465 e. The number of thioether (sulfide) groups is 1. The van der Waals surface area contributed by atoms with Crippen molar-refractivity contribution in [1.82, 2.24) is 10.3 Å². The average Bonchev–Trinajstić information content (AvgIpc) is 2.39. The van der Waals surface area contributed by atoms with Gasteiger partial charge in [0.15, 0.2) is 0 Å². The van der Waals surface area contributed by atoms with E-state index >= 15 is 0 Å². The quantitative estimate of drug-likeness (QED) is 0.615. The van der Waals surface area contributed by atoms with Gasteiger partial charge in [0.2, 0.25) is 0 Å². The van der Waals surface area contributed by atoms with Crippen molar-refractivity contribution < 1.29 is 9.53 Å². The van der Waals surface area contributed by atoms with Crippen LogP contribution in [0.2, 0.25) is 0 Å². The van der Waals surface area contributed by atoms with Gasteiger partial charge in [-0.25, -0.2) is 4.98 Å². The Kier molecular flexibility index (Phi) is 6.31. The monoisotopic (exact) mass is 282 g/mol. The lowest BCUT2D eigenvalue weighted by atomic mass is 9.96. The Labute approximate surface area is 119 Å². The first-order chi connectivity index (χ1) is 9.01. The van der Waals surface area contributed by atoms with Gasteiger partial charge in [-0.2, -0.15) is 0 Å². The third kappa shape index (κ3) is 4.84. The largest absolute Gasteiger partial charge is 0.465 e. The molecule has 0 fully saturated rings. The first kappa shape index (κ1) is 16.0. The standard InChI is InChI=1S/C14H22N2O2S/c1-5-18-13(17)14(3,15-4)10-11(2)19-12-8-6-7-9-16-12/h6-9,11,15H,5,10H2,1-4H3. The summed E-state index contributed by atoms with van der Waals surface area (Å²) in [6.45, 7) is 6.19. The smallest absolute Gasteiger partial charge is 0.326 e. The Morgan fingerprint density at radius 3 is 2.84 bits per heavy atom. The maximum atomic E-state index is 12.0. The molecule has 0 saturated heterocycles. The highest BCUT2D eigenvalue weighted by molar-refractivity contribution is 7.99. The predicted octanol–water partition coefficient (Wildman–Crippen LogP) is 2.49. The van der Waals surface area contributed by atoms with Gasteiger partial charge in [0.05, 0.1) is 11.6 Å². The first-order valence-corrected chi connectivity index (χ1v) is 7.33. The van der Waals surface area contributed by atoms with Crippen molar-refractivity contribution in [3.63, 3.8) is 0 Å². The van der Waals surface area contributed by atoms with Gasteiger partial charge in [0.25, 0.3) is 0 Å². The van der Waals surface area contributed by atoms with Crippen LogP contribution in [-0.2, 0) is 9.53 Å². The molecule has 0 aliphatic rings. The molecule has 2 atom stereocenters. The van der Waals surface area contributed by atoms with Crippen LogP contribution in [0, 0.1) is 0 Å². The molecule has 0 amide bonds. The van der Waals surface area contributed by atoms with Gasteiger partial charge in [0.1, 0.15) is 5.54 Å². The second-order valence-corrected chi connectivity index (χ2v) is 6.06. The van der Waals surface area contributed by atoms with E-state index in [0.29, 0.717) is 13.0 Å². The molecular weight excluding hydrogens is 260 g/mol. The fourth-order valence-corrected chi connectivity index (χ4v) is 2.93. The van der Waals surface area contributed by atoms with Gasteiger partial charge in [-0.1, -0.05) is 13.0 Å². The number of nitrogens with zero attached hydrogens (tertiary/aromatic N) is 1. The van der Waals surface area contributed by atoms with Crippen molar-refractivity contribution in [2.75, 3.05) is 13.7 Å². The molecule has 19 heavy (non-hydrogen) atoms. The molecule has 2 unspecified atom stereocenters. The zero-order valence-electron chi connectivity index (χ0n) is 12.0. The van der Waals surface area contributed by atoms with Crippen molar-refractivity contribution in [2.24, 2.45) is 0 Å². The van der Waals surface area contributed by atoms with Crippen molar-refractivity contribution in [3.8, 4) is 0 Å². The molecule has 0 saturated carbocycles. The average molecular weight is 282 g/mol. The Balaban J connectivity index is 2.62. The maximum absolute atomic E-state index is 12.0. The molecule has 5 heteroatoms. The number of aromatic nitrogens is 1. The number of rotatable bonds is 7. The lowest BCUT2D eigenvalue weighted by Crippen LogP contribution is -2.50. The van der Waals surface area contributed by atoms with Crippen molar-refractivity contribution >= 4 is 17.7 Å². The molecule has 1 aromatic rings. The van der Waals surface area contributed by atoms with E-state index in [1.807, 2.05) is 32.0 Å². The van der Waals surface area contributed by atoms with E-state index in [-0.39, 0.29) is 11.2 Å². The van der Waals surface area contributed by atoms with Crippen molar-refractivity contribution in [2.45, 2.75) is 43.0 Å². The van der Waals surface area contributed by atoms with E-state index in [0.717, 1.165) is 5.03 Å². The highest BCUT2D eigenvalue weighted by atomic mass is 32.2. The summed E-state index contributed by atoms with van der Waals surface area (Å²) in [6, 6.07) is 5.83. The molecule has 0 radical (unpaired) electrons. The zero-order valence-corrected chi connectivity index (χ0v) is 12.8. The minimum atomic E-state index is -0.656. The molecule has 0 bridgehead atoms. The van der Waals surface area contributed by atoms with Crippen LogP contribution in [0.4, 0.5) is 0 Å². The molecule has 0 aliphatic heterocycles. The number of carbonyl (C=O) groups excluding carboxylic acids is 1. The highest BCUT2D eigenvalue weighted by Gasteiger charge is 2.34. The summed E-state index contributed by atoms with van der Waals surface area (Å²) in [5, 5.41) is 4.30. The van der Waals surface area contributed by atoms with E-state index < -0.39 is 5.54 Å². The van der Waals surface area contributed by atoms with Crippen molar-refractivity contribution in [3.05, 3.63) is 24.4 Å². The molecule has 0 spiro atoms. The van der Waals surface area contributed by atoms with E-state index in [9.17, 15) is 4.79 Å². The Hall–Kier alpha value is -1.07. The number of ether oxygens (including phenoxy) is 1. The minimum absolute atomic E-state index is 0.203. The summed E-state index contributed by atoms with van der Waals surface area (Å²) in [7, 11) is 1.79. The summed E-state index contributed by atoms with van der Waals surface area (Å²) in [5.41, 5.74) is -0.656. The van der Waals surface area contributed by atoms with Crippen LogP contribution in [0.25, 0.3) is 0 Å². The molecule has 4 nitrogen and oxygen atoms in total. The Morgan fingerprint density at radius 2 is 2.32 bits per heavy atom. The normalized spacial score (nSPS) is 15.6. The summed E-state index contributed by atoms with van der Waals surface area (Å²) in [6.07, 6.45) is 2.46. The van der Waals surface area contributed by atoms with Crippen LogP contribution in [-0.4, -0.2) is 35.4 Å². The number of likely N-dealkylation sites (N-methyl/N-ethyl adjacent to an activating group) is 1. The summed E-state index contributed by atoms with van der Waals surface area (Å²) >= 11 is 1.66. The van der Waals surface area contributed by atoms with Crippen LogP contribution < -0.4 is 5.32 Å². The highest BCUT2D eigenvalue weighted by Crippen LogP contribution is 2.27. The van der Waals surface area contributed by atoms with Gasteiger partial charge < -0.3 is 10.1 Å². The maximum Gasteiger partial charge on any atom is 0.326 e.